The van der Waals surface area contributed by atoms with E-state index in [1.807, 2.05) is 18.2 Å². The number of fused-ring (bicyclic) bond motifs is 10. The molecule has 20 rings (SSSR count). The summed E-state index contributed by atoms with van der Waals surface area (Å²) in [6.07, 6.45) is 0. The number of nitrogens with zero attached hydrogens (tertiary/aromatic N) is 6. The van der Waals surface area contributed by atoms with E-state index in [0.29, 0.717) is 16.7 Å². The van der Waals surface area contributed by atoms with Crippen molar-refractivity contribution in [2.24, 2.45) is 0 Å². The van der Waals surface area contributed by atoms with Crippen LogP contribution in [-0.4, -0.2) is 15.8 Å². The maximum atomic E-state index is 11.4. The monoisotopic (exact) mass is 1560 g/mol. The molecule has 18 aromatic rings. The summed E-state index contributed by atoms with van der Waals surface area (Å²) in [5.74, 6) is 0. The van der Waals surface area contributed by atoms with Crippen LogP contribution in [0.25, 0.3) is 133 Å². The first-order valence-electron chi connectivity index (χ1n) is 42.3. The quantitative estimate of drug-likeness (QED) is 0.121. The maximum Gasteiger partial charge on any atom is 0.252 e. The Morgan fingerprint density at radius 3 is 0.934 bits per heavy atom. The number of rotatable bonds is 11. The fourth-order valence-corrected chi connectivity index (χ4v) is 19.2. The van der Waals surface area contributed by atoms with Crippen LogP contribution in [0.2, 0.25) is 0 Å². The Kier molecular flexibility index (Phi) is 18.0. The molecular weight excluding hydrogens is 1460 g/mol. The van der Waals surface area contributed by atoms with E-state index in [4.69, 9.17) is 0 Å². The standard InChI is InChI=1S/C114H93BN6/c1-111(2,3)83-52-48-74(49-53-83)93-62-80(72-30-15-13-16-31-72)63-95(76-34-28-38-85(60-76)113(7,8)9)109(93)120-103-68-87(118-99-44-23-19-40-89(99)90-41-20-24-45-100(90)118)56-58-97(103)115-98-59-57-88(119-101-46-25-21-42-91(101)92-43-22-26-47-102(92)119)69-104(98)121(106-67-81(66-105(120)108(106)115)73-32-17-14-18-33-73)110-94(75-50-54-84(55-51-75)112(4,5)6)64-82(107-78(70-116)36-27-37-79(107)71-117)65-96(110)77-35-29-39-86(61-77)114(10,11)12/h13-69H,1-12H3. The Labute approximate surface area is 710 Å². The van der Waals surface area contributed by atoms with E-state index in [0.717, 1.165) is 156 Å². The fourth-order valence-electron chi connectivity index (χ4n) is 19.2. The minimum atomic E-state index is -0.389. The van der Waals surface area contributed by atoms with Crippen molar-refractivity contribution in [1.29, 1.82) is 10.5 Å². The molecule has 2 aliphatic heterocycles. The molecule has 0 saturated heterocycles. The van der Waals surface area contributed by atoms with E-state index in [-0.39, 0.29) is 28.4 Å². The molecule has 0 radical (unpaired) electrons. The summed E-state index contributed by atoms with van der Waals surface area (Å²) in [5.41, 5.74) is 34.9. The lowest BCUT2D eigenvalue weighted by molar-refractivity contribution is 0.590. The topological polar surface area (TPSA) is 63.9 Å². The first-order valence-corrected chi connectivity index (χ1v) is 42.3. The summed E-state index contributed by atoms with van der Waals surface area (Å²) in [6.45, 7) is 27.2. The molecule has 0 spiro atoms. The van der Waals surface area contributed by atoms with Gasteiger partial charge in [-0.15, -0.1) is 0 Å². The average Bonchev–Trinajstić information content (AvgIpc) is 1.08. The molecule has 0 fully saturated rings. The molecule has 582 valence electrons. The highest BCUT2D eigenvalue weighted by Crippen LogP contribution is 2.57. The van der Waals surface area contributed by atoms with Crippen molar-refractivity contribution in [1.82, 2.24) is 9.13 Å². The molecule has 0 aliphatic carbocycles. The van der Waals surface area contributed by atoms with Gasteiger partial charge in [0.2, 0.25) is 0 Å². The first-order chi connectivity index (χ1) is 58.5. The van der Waals surface area contributed by atoms with E-state index >= 15 is 0 Å². The van der Waals surface area contributed by atoms with Crippen molar-refractivity contribution in [3.8, 4) is 101 Å². The largest absolute Gasteiger partial charge is 0.310 e. The Balaban J connectivity index is 1.01. The molecule has 0 amide bonds. The van der Waals surface area contributed by atoms with Gasteiger partial charge in [0.25, 0.3) is 6.71 Å². The third-order valence-electron chi connectivity index (χ3n) is 25.4. The number of benzene rings is 16. The summed E-state index contributed by atoms with van der Waals surface area (Å²) >= 11 is 0. The van der Waals surface area contributed by atoms with Gasteiger partial charge in [0.1, 0.15) is 0 Å². The van der Waals surface area contributed by atoms with Crippen molar-refractivity contribution in [2.75, 3.05) is 9.80 Å². The van der Waals surface area contributed by atoms with Crippen LogP contribution in [0.5, 0.6) is 0 Å². The molecule has 2 aromatic heterocycles. The Morgan fingerprint density at radius 2 is 0.570 bits per heavy atom. The van der Waals surface area contributed by atoms with E-state index in [1.165, 1.54) is 43.8 Å². The first kappa shape index (κ1) is 75.5. The number of para-hydroxylation sites is 4. The van der Waals surface area contributed by atoms with E-state index in [2.05, 4.69) is 442 Å². The zero-order chi connectivity index (χ0) is 83.1. The van der Waals surface area contributed by atoms with Gasteiger partial charge in [-0.3, -0.25) is 0 Å². The summed E-state index contributed by atoms with van der Waals surface area (Å²) in [7, 11) is 0. The Hall–Kier alpha value is -14.2. The SMILES string of the molecule is CC(C)(C)c1ccc(-c2cc(-c3ccccc3)cc(-c3cccc(C(C)(C)C)c3)c2N2c3cc(-n4c5ccccc5c5ccccc54)ccc3B3c4ccc(-n5c6ccccc6c6ccccc65)cc4N(c4c(-c5ccc(C(C)(C)C)cc5)cc(-c5c(C#N)cccc5C#N)cc4-c4cccc(C(C)(C)C)c4)c4cc(-c5ccccc5)cc2c43)cc1. The second-order valence-electron chi connectivity index (χ2n) is 37.1. The van der Waals surface area contributed by atoms with Crippen LogP contribution < -0.4 is 26.2 Å². The van der Waals surface area contributed by atoms with Crippen LogP contribution in [0.1, 0.15) is 116 Å². The summed E-state index contributed by atoms with van der Waals surface area (Å²) in [4.78, 5) is 5.36. The molecule has 0 N–H and O–H groups in total. The van der Waals surface area contributed by atoms with Crippen molar-refractivity contribution >= 4 is 101 Å². The Morgan fingerprint density at radius 1 is 0.248 bits per heavy atom. The number of hydrogen-bond donors (Lipinski definition) is 0. The number of hydrogen-bond acceptors (Lipinski definition) is 4. The Bertz CT molecular complexity index is 7180. The van der Waals surface area contributed by atoms with Crippen LogP contribution in [-0.2, 0) is 21.7 Å². The fraction of sp³-hybridized carbons (Fsp3) is 0.140. The maximum absolute atomic E-state index is 11.4. The summed E-state index contributed by atoms with van der Waals surface area (Å²) in [6, 6.07) is 134. The molecule has 2 aliphatic rings. The number of anilines is 6. The molecular formula is C114H93BN6. The molecule has 0 unspecified atom stereocenters. The number of aromatic nitrogens is 2. The van der Waals surface area contributed by atoms with Gasteiger partial charge >= 0.3 is 0 Å². The minimum Gasteiger partial charge on any atom is -0.310 e. The minimum absolute atomic E-state index is 0.120. The molecule has 0 atom stereocenters. The second kappa shape index (κ2) is 28.8. The van der Waals surface area contributed by atoms with E-state index < -0.39 is 0 Å². The van der Waals surface area contributed by atoms with Gasteiger partial charge < -0.3 is 18.9 Å². The van der Waals surface area contributed by atoms with Gasteiger partial charge in [-0.25, -0.2) is 0 Å². The highest BCUT2D eigenvalue weighted by molar-refractivity contribution is 7.00. The lowest BCUT2D eigenvalue weighted by atomic mass is 9.33. The number of nitriles is 2. The van der Waals surface area contributed by atoms with Crippen molar-refractivity contribution in [2.45, 2.75) is 105 Å². The third kappa shape index (κ3) is 12.8. The smallest absolute Gasteiger partial charge is 0.252 e. The highest BCUT2D eigenvalue weighted by atomic mass is 15.2. The molecule has 6 nitrogen and oxygen atoms in total. The molecule has 121 heavy (non-hydrogen) atoms. The van der Waals surface area contributed by atoms with Crippen molar-refractivity contribution in [3.05, 3.63) is 379 Å². The van der Waals surface area contributed by atoms with Crippen LogP contribution in [0, 0.1) is 22.7 Å². The lowest BCUT2D eigenvalue weighted by Crippen LogP contribution is -2.61. The third-order valence-corrected chi connectivity index (χ3v) is 25.4. The van der Waals surface area contributed by atoms with Crippen LogP contribution in [0.3, 0.4) is 0 Å². The van der Waals surface area contributed by atoms with Crippen molar-refractivity contribution in [3.63, 3.8) is 0 Å². The van der Waals surface area contributed by atoms with Crippen LogP contribution >= 0.6 is 0 Å². The lowest BCUT2D eigenvalue weighted by Gasteiger charge is -2.46. The van der Waals surface area contributed by atoms with Gasteiger partial charge in [-0.1, -0.05) is 332 Å². The molecule has 4 heterocycles. The molecule has 7 heteroatoms. The zero-order valence-corrected chi connectivity index (χ0v) is 70.7. The van der Waals surface area contributed by atoms with Crippen LogP contribution in [0.15, 0.2) is 346 Å². The normalized spacial score (nSPS) is 12.7. The van der Waals surface area contributed by atoms with E-state index in [1.54, 1.807) is 0 Å². The highest BCUT2D eigenvalue weighted by Gasteiger charge is 2.47. The van der Waals surface area contributed by atoms with Crippen molar-refractivity contribution < 1.29 is 0 Å². The summed E-state index contributed by atoms with van der Waals surface area (Å²) < 4.78 is 4.95. The van der Waals surface area contributed by atoms with Gasteiger partial charge in [0.15, 0.2) is 0 Å². The molecule has 0 saturated carbocycles. The summed E-state index contributed by atoms with van der Waals surface area (Å²) in [5, 5.41) is 27.5. The molecule has 16 aromatic carbocycles. The van der Waals surface area contributed by atoms with Gasteiger partial charge in [0.05, 0.1) is 56.7 Å². The molecule has 0 bridgehead atoms. The predicted molar refractivity (Wildman–Crippen MR) is 511 cm³/mol. The van der Waals surface area contributed by atoms with Gasteiger partial charge in [0, 0.05) is 83.5 Å². The average molecular weight is 1560 g/mol. The van der Waals surface area contributed by atoms with Gasteiger partial charge in [-0.2, -0.15) is 10.5 Å². The second-order valence-corrected chi connectivity index (χ2v) is 37.1. The van der Waals surface area contributed by atoms with E-state index in [9.17, 15) is 10.5 Å². The van der Waals surface area contributed by atoms with Gasteiger partial charge in [-0.05, 0) is 207 Å². The predicted octanol–water partition coefficient (Wildman–Crippen LogP) is 28.6. The zero-order valence-electron chi connectivity index (χ0n) is 70.7. The van der Waals surface area contributed by atoms with Crippen LogP contribution in [0.4, 0.5) is 34.1 Å².